The number of carbonyl (C=O) groups is 2. The van der Waals surface area contributed by atoms with Crippen LogP contribution < -0.4 is 10.6 Å². The maximum absolute atomic E-state index is 11.9. The largest absolute Gasteiger partial charge is 0.352 e. The highest BCUT2D eigenvalue weighted by molar-refractivity contribution is 6.04. The molecular formula is C14H18N2O2. The number of carbonyl (C=O) groups excluding carboxylic acids is 2. The third kappa shape index (κ3) is 3.09. The van der Waals surface area contributed by atoms with E-state index in [1.807, 2.05) is 13.0 Å². The molecule has 2 rings (SSSR count). The summed E-state index contributed by atoms with van der Waals surface area (Å²) in [4.78, 5) is 23.6. The molecule has 96 valence electrons. The predicted octanol–water partition coefficient (Wildman–Crippen LogP) is 2.17. The van der Waals surface area contributed by atoms with Gasteiger partial charge in [-0.1, -0.05) is 19.1 Å². The standard InChI is InChI=1S/C14H18N2O2/c1-2-9-15-14(18)11-5-3-4-6-12(11)16-13(17)10-7-8-10/h3-6,10H,2,7-9H2,1H3,(H,15,18)(H,16,17). The van der Waals surface area contributed by atoms with Gasteiger partial charge in [0.25, 0.3) is 5.91 Å². The van der Waals surface area contributed by atoms with Gasteiger partial charge >= 0.3 is 0 Å². The molecule has 0 unspecified atom stereocenters. The van der Waals surface area contributed by atoms with Crippen molar-refractivity contribution in [2.75, 3.05) is 11.9 Å². The Bertz CT molecular complexity index is 453. The van der Waals surface area contributed by atoms with Crippen LogP contribution in [0.4, 0.5) is 5.69 Å². The van der Waals surface area contributed by atoms with Gasteiger partial charge in [0.05, 0.1) is 11.3 Å². The van der Waals surface area contributed by atoms with E-state index in [-0.39, 0.29) is 17.7 Å². The Morgan fingerprint density at radius 2 is 2.00 bits per heavy atom. The van der Waals surface area contributed by atoms with Crippen LogP contribution in [0.15, 0.2) is 24.3 Å². The fraction of sp³-hybridized carbons (Fsp3) is 0.429. The molecule has 0 bridgehead atoms. The fourth-order valence-electron chi connectivity index (χ4n) is 1.70. The van der Waals surface area contributed by atoms with Crippen LogP contribution >= 0.6 is 0 Å². The number of para-hydroxylation sites is 1. The molecule has 0 atom stereocenters. The molecule has 4 heteroatoms. The molecule has 4 nitrogen and oxygen atoms in total. The first kappa shape index (κ1) is 12.6. The zero-order valence-electron chi connectivity index (χ0n) is 10.5. The van der Waals surface area contributed by atoms with Crippen molar-refractivity contribution in [3.05, 3.63) is 29.8 Å². The highest BCUT2D eigenvalue weighted by atomic mass is 16.2. The molecule has 0 aromatic heterocycles. The van der Waals surface area contributed by atoms with E-state index < -0.39 is 0 Å². The van der Waals surface area contributed by atoms with Crippen LogP contribution in [0.3, 0.4) is 0 Å². The highest BCUT2D eigenvalue weighted by Gasteiger charge is 2.30. The summed E-state index contributed by atoms with van der Waals surface area (Å²) in [5.74, 6) is 0.0195. The third-order valence-electron chi connectivity index (χ3n) is 2.91. The molecular weight excluding hydrogens is 228 g/mol. The molecule has 18 heavy (non-hydrogen) atoms. The predicted molar refractivity (Wildman–Crippen MR) is 70.4 cm³/mol. The Morgan fingerprint density at radius 3 is 2.67 bits per heavy atom. The van der Waals surface area contributed by atoms with Crippen molar-refractivity contribution in [2.24, 2.45) is 5.92 Å². The normalized spacial score (nSPS) is 14.1. The van der Waals surface area contributed by atoms with Gasteiger partial charge in [0, 0.05) is 12.5 Å². The second kappa shape index (κ2) is 5.67. The maximum Gasteiger partial charge on any atom is 0.253 e. The van der Waals surface area contributed by atoms with Crippen molar-refractivity contribution in [1.82, 2.24) is 5.32 Å². The zero-order chi connectivity index (χ0) is 13.0. The van der Waals surface area contributed by atoms with Crippen LogP contribution in [-0.4, -0.2) is 18.4 Å². The lowest BCUT2D eigenvalue weighted by Gasteiger charge is -2.10. The summed E-state index contributed by atoms with van der Waals surface area (Å²) in [5.41, 5.74) is 1.13. The van der Waals surface area contributed by atoms with Gasteiger partial charge in [0.2, 0.25) is 5.91 Å². The van der Waals surface area contributed by atoms with Gasteiger partial charge in [-0.15, -0.1) is 0 Å². The molecule has 0 heterocycles. The van der Waals surface area contributed by atoms with Gasteiger partial charge in [0.15, 0.2) is 0 Å². The van der Waals surface area contributed by atoms with Gasteiger partial charge in [0.1, 0.15) is 0 Å². The van der Waals surface area contributed by atoms with E-state index in [9.17, 15) is 9.59 Å². The summed E-state index contributed by atoms with van der Waals surface area (Å²) in [5, 5.41) is 5.65. The minimum Gasteiger partial charge on any atom is -0.352 e. The van der Waals surface area contributed by atoms with E-state index in [1.54, 1.807) is 18.2 Å². The van der Waals surface area contributed by atoms with Crippen LogP contribution in [0, 0.1) is 5.92 Å². The lowest BCUT2D eigenvalue weighted by atomic mass is 10.1. The zero-order valence-corrected chi connectivity index (χ0v) is 10.5. The SMILES string of the molecule is CCCNC(=O)c1ccccc1NC(=O)C1CC1. The van der Waals surface area contributed by atoms with E-state index in [1.165, 1.54) is 0 Å². The Hall–Kier alpha value is -1.84. The first-order valence-electron chi connectivity index (χ1n) is 6.40. The summed E-state index contributed by atoms with van der Waals surface area (Å²) in [7, 11) is 0. The topological polar surface area (TPSA) is 58.2 Å². The summed E-state index contributed by atoms with van der Waals surface area (Å²) < 4.78 is 0. The fourth-order valence-corrected chi connectivity index (χ4v) is 1.70. The summed E-state index contributed by atoms with van der Waals surface area (Å²) in [6, 6.07) is 7.11. The van der Waals surface area contributed by atoms with Crippen molar-refractivity contribution in [1.29, 1.82) is 0 Å². The Kier molecular flexibility index (Phi) is 3.97. The van der Waals surface area contributed by atoms with Gasteiger partial charge in [-0.05, 0) is 31.4 Å². The number of amides is 2. The smallest absolute Gasteiger partial charge is 0.253 e. The molecule has 0 aliphatic heterocycles. The average Bonchev–Trinajstić information content (AvgIpc) is 3.20. The lowest BCUT2D eigenvalue weighted by molar-refractivity contribution is -0.117. The highest BCUT2D eigenvalue weighted by Crippen LogP contribution is 2.30. The number of nitrogens with one attached hydrogen (secondary N) is 2. The monoisotopic (exact) mass is 246 g/mol. The Labute approximate surface area is 107 Å². The van der Waals surface area contributed by atoms with Gasteiger partial charge in [-0.25, -0.2) is 0 Å². The number of hydrogen-bond acceptors (Lipinski definition) is 2. The molecule has 0 radical (unpaired) electrons. The second-order valence-corrected chi connectivity index (χ2v) is 4.57. The van der Waals surface area contributed by atoms with E-state index >= 15 is 0 Å². The van der Waals surface area contributed by atoms with Gasteiger partial charge in [-0.2, -0.15) is 0 Å². The minimum atomic E-state index is -0.136. The van der Waals surface area contributed by atoms with Crippen LogP contribution in [0.25, 0.3) is 0 Å². The van der Waals surface area contributed by atoms with Crippen molar-refractivity contribution in [3.63, 3.8) is 0 Å². The maximum atomic E-state index is 11.9. The van der Waals surface area contributed by atoms with Crippen LogP contribution in [0.1, 0.15) is 36.5 Å². The van der Waals surface area contributed by atoms with E-state index in [2.05, 4.69) is 10.6 Å². The molecule has 0 spiro atoms. The van der Waals surface area contributed by atoms with Crippen molar-refractivity contribution in [2.45, 2.75) is 26.2 Å². The van der Waals surface area contributed by atoms with E-state index in [4.69, 9.17) is 0 Å². The molecule has 2 N–H and O–H groups in total. The summed E-state index contributed by atoms with van der Waals surface area (Å²) in [6.45, 7) is 2.64. The molecule has 2 amide bonds. The number of benzene rings is 1. The molecule has 1 aromatic rings. The number of hydrogen-bond donors (Lipinski definition) is 2. The molecule has 0 saturated heterocycles. The van der Waals surface area contributed by atoms with Gasteiger partial charge in [-0.3, -0.25) is 9.59 Å². The van der Waals surface area contributed by atoms with Crippen LogP contribution in [0.2, 0.25) is 0 Å². The Morgan fingerprint density at radius 1 is 1.28 bits per heavy atom. The van der Waals surface area contributed by atoms with Crippen molar-refractivity contribution < 1.29 is 9.59 Å². The first-order chi connectivity index (χ1) is 8.72. The van der Waals surface area contributed by atoms with Crippen LogP contribution in [0.5, 0.6) is 0 Å². The van der Waals surface area contributed by atoms with E-state index in [0.29, 0.717) is 17.8 Å². The van der Waals surface area contributed by atoms with E-state index in [0.717, 1.165) is 19.3 Å². The van der Waals surface area contributed by atoms with Crippen LogP contribution in [-0.2, 0) is 4.79 Å². The third-order valence-corrected chi connectivity index (χ3v) is 2.91. The molecule has 1 aromatic carbocycles. The molecule has 1 saturated carbocycles. The van der Waals surface area contributed by atoms with Crippen molar-refractivity contribution in [3.8, 4) is 0 Å². The minimum absolute atomic E-state index is 0.0192. The second-order valence-electron chi connectivity index (χ2n) is 4.57. The van der Waals surface area contributed by atoms with Crippen molar-refractivity contribution >= 4 is 17.5 Å². The Balaban J connectivity index is 2.08. The molecule has 1 aliphatic rings. The first-order valence-corrected chi connectivity index (χ1v) is 6.40. The molecule has 1 fully saturated rings. The lowest BCUT2D eigenvalue weighted by Crippen LogP contribution is -2.26. The quantitative estimate of drug-likeness (QED) is 0.836. The average molecular weight is 246 g/mol. The summed E-state index contributed by atoms with van der Waals surface area (Å²) in [6.07, 6.45) is 2.80. The number of anilines is 1. The summed E-state index contributed by atoms with van der Waals surface area (Å²) >= 11 is 0. The molecule has 1 aliphatic carbocycles. The number of rotatable bonds is 5. The van der Waals surface area contributed by atoms with Gasteiger partial charge < -0.3 is 10.6 Å².